The van der Waals surface area contributed by atoms with Gasteiger partial charge >= 0.3 is 12.1 Å². The second kappa shape index (κ2) is 16.0. The molecule has 8 atom stereocenters. The molecule has 3 amide bonds. The molecule has 0 saturated carbocycles. The molecule has 0 radical (unpaired) electrons. The van der Waals surface area contributed by atoms with Crippen LogP contribution in [0.15, 0.2) is 35.9 Å². The summed E-state index contributed by atoms with van der Waals surface area (Å²) < 4.78 is 17.8. The quantitative estimate of drug-likeness (QED) is 0.159. The van der Waals surface area contributed by atoms with E-state index in [4.69, 9.17) is 25.8 Å². The molecule has 4 rings (SSSR count). The van der Waals surface area contributed by atoms with E-state index < -0.39 is 72.1 Å². The molecule has 0 unspecified atom stereocenters. The third kappa shape index (κ3) is 8.48. The summed E-state index contributed by atoms with van der Waals surface area (Å²) in [5.74, 6) is -2.70. The first-order valence-corrected chi connectivity index (χ1v) is 17.6. The highest BCUT2D eigenvalue weighted by molar-refractivity contribution is 7.80. The number of aliphatic hydroxyl groups excluding tert-OH is 2. The number of hydrogen-bond donors (Lipinski definition) is 5. The van der Waals surface area contributed by atoms with E-state index in [1.807, 2.05) is 6.92 Å². The number of likely N-dealkylation sites (N-methyl/N-ethyl adjacent to an activating group) is 1. The van der Waals surface area contributed by atoms with Crippen LogP contribution in [0.1, 0.15) is 58.1 Å². The molecule has 13 nitrogen and oxygen atoms in total. The summed E-state index contributed by atoms with van der Waals surface area (Å²) in [5.41, 5.74) is -0.716. The van der Waals surface area contributed by atoms with Gasteiger partial charge < -0.3 is 39.3 Å². The van der Waals surface area contributed by atoms with Crippen LogP contribution in [0.4, 0.5) is 10.5 Å². The molecule has 4 N–H and O–H groups in total. The fourth-order valence-electron chi connectivity index (χ4n) is 6.58. The Balaban J connectivity index is 1.78. The van der Waals surface area contributed by atoms with Crippen molar-refractivity contribution in [2.75, 3.05) is 31.4 Å². The maximum atomic E-state index is 14.0. The highest BCUT2D eigenvalue weighted by atomic mass is 35.5. The molecule has 15 heteroatoms. The third-order valence-electron chi connectivity index (χ3n) is 10.1. The SMILES string of the molecule is C/C1=C\C=C\[C@@H](CO)[C@@]2(O)C[C@H](OC(=O)N2)[C@@H](C)[C@@H]2O[C@@]2(C)[C@@H](OC(=O)[C@@H](C)N(C)C(=O)CCS)CC(=O)N(C)c2cc(cc(CO)c2Cl)C1. The number of anilines is 1. The summed E-state index contributed by atoms with van der Waals surface area (Å²) in [6.07, 6.45) is 1.58. The van der Waals surface area contributed by atoms with Gasteiger partial charge in [0.25, 0.3) is 0 Å². The first-order valence-electron chi connectivity index (χ1n) is 16.6. The van der Waals surface area contributed by atoms with Crippen LogP contribution in [0.5, 0.6) is 0 Å². The van der Waals surface area contributed by atoms with Gasteiger partial charge in [-0.15, -0.1) is 0 Å². The van der Waals surface area contributed by atoms with Gasteiger partial charge in [-0.1, -0.05) is 48.4 Å². The molecule has 3 aliphatic rings. The second-order valence-electron chi connectivity index (χ2n) is 13.6. The third-order valence-corrected chi connectivity index (χ3v) is 10.7. The second-order valence-corrected chi connectivity index (χ2v) is 14.5. The molecule has 1 aromatic rings. The van der Waals surface area contributed by atoms with E-state index in [2.05, 4.69) is 17.9 Å². The molecule has 1 aromatic carbocycles. The van der Waals surface area contributed by atoms with E-state index in [9.17, 15) is 34.5 Å². The van der Waals surface area contributed by atoms with Crippen molar-refractivity contribution >= 4 is 53.8 Å². The van der Waals surface area contributed by atoms with Crippen LogP contribution < -0.4 is 10.2 Å². The standard InChI is InChI=1S/C35H48ClN3O10S/c1-19-8-7-9-24(18-41)35(46)16-26(47-33(45)37-35)20(2)31-34(4,49-31)27(48-32(44)21(3)38(5)28(42)10-11-50)15-29(43)39(6)25-14-22(12-19)13-23(17-40)30(25)36/h7-9,13-14,20-21,24,26-27,31,40-41,46,50H,10-12,15-18H2,1-6H3,(H,37,45)/b9-7+,19-8+/t20-,21-,24+,26+,27+,31+,34+,35+/m1/s1. The van der Waals surface area contributed by atoms with E-state index in [0.29, 0.717) is 23.4 Å². The zero-order valence-corrected chi connectivity index (χ0v) is 30.9. The van der Waals surface area contributed by atoms with Gasteiger partial charge in [-0.25, -0.2) is 9.59 Å². The molecule has 2 fully saturated rings. The summed E-state index contributed by atoms with van der Waals surface area (Å²) in [7, 11) is 3.02. The number of aliphatic hydroxyl groups is 3. The average Bonchev–Trinajstić information content (AvgIpc) is 3.76. The van der Waals surface area contributed by atoms with E-state index in [-0.39, 0.29) is 36.8 Å². The van der Waals surface area contributed by atoms with Gasteiger partial charge in [0.2, 0.25) is 11.8 Å². The van der Waals surface area contributed by atoms with Gasteiger partial charge in [0.1, 0.15) is 23.9 Å². The van der Waals surface area contributed by atoms with E-state index >= 15 is 0 Å². The van der Waals surface area contributed by atoms with E-state index in [1.54, 1.807) is 44.2 Å². The number of carbonyl (C=O) groups excluding carboxylic acids is 4. The van der Waals surface area contributed by atoms with Crippen LogP contribution in [-0.4, -0.2) is 106 Å². The molecule has 50 heavy (non-hydrogen) atoms. The van der Waals surface area contributed by atoms with Crippen LogP contribution in [0.2, 0.25) is 5.02 Å². The van der Waals surface area contributed by atoms with Gasteiger partial charge in [0, 0.05) is 38.8 Å². The van der Waals surface area contributed by atoms with Gasteiger partial charge in [-0.3, -0.25) is 14.9 Å². The van der Waals surface area contributed by atoms with Crippen LogP contribution in [0.25, 0.3) is 0 Å². The Labute approximate surface area is 303 Å². The van der Waals surface area contributed by atoms with Crippen molar-refractivity contribution in [1.29, 1.82) is 0 Å². The first-order chi connectivity index (χ1) is 23.5. The van der Waals surface area contributed by atoms with Crippen LogP contribution in [0.3, 0.4) is 0 Å². The Bertz CT molecular complexity index is 1540. The number of carbonyl (C=O) groups is 4. The smallest absolute Gasteiger partial charge is 0.409 e. The molecule has 0 spiro atoms. The molecule has 3 heterocycles. The van der Waals surface area contributed by atoms with Crippen molar-refractivity contribution in [3.63, 3.8) is 0 Å². The first kappa shape index (κ1) is 39.6. The Hall–Kier alpha value is -3.14. The predicted molar refractivity (Wildman–Crippen MR) is 189 cm³/mol. The summed E-state index contributed by atoms with van der Waals surface area (Å²) in [6, 6.07) is 2.49. The summed E-state index contributed by atoms with van der Waals surface area (Å²) >= 11 is 10.8. The number of thiol groups is 1. The monoisotopic (exact) mass is 737 g/mol. The molecular formula is C35H48ClN3O10S. The lowest BCUT2D eigenvalue weighted by Gasteiger charge is -2.42. The van der Waals surface area contributed by atoms with Gasteiger partial charge in [0.05, 0.1) is 36.4 Å². The fourth-order valence-corrected chi connectivity index (χ4v) is 7.07. The number of benzene rings is 1. The highest BCUT2D eigenvalue weighted by Crippen LogP contribution is 2.49. The number of epoxide rings is 1. The van der Waals surface area contributed by atoms with Crippen LogP contribution in [-0.2, 0) is 41.6 Å². The van der Waals surface area contributed by atoms with Gasteiger partial charge in [-0.2, -0.15) is 12.6 Å². The summed E-state index contributed by atoms with van der Waals surface area (Å²) in [4.78, 5) is 55.4. The minimum Gasteiger partial charge on any atom is -0.457 e. The molecule has 3 aliphatic heterocycles. The molecule has 4 bridgehead atoms. The Morgan fingerprint density at radius 2 is 1.98 bits per heavy atom. The van der Waals surface area contributed by atoms with Crippen LogP contribution >= 0.6 is 24.2 Å². The van der Waals surface area contributed by atoms with Crippen molar-refractivity contribution in [2.24, 2.45) is 11.8 Å². The topological polar surface area (TPSA) is 178 Å². The Morgan fingerprint density at radius 3 is 2.62 bits per heavy atom. The summed E-state index contributed by atoms with van der Waals surface area (Å²) in [5, 5.41) is 34.7. The Morgan fingerprint density at radius 1 is 1.28 bits per heavy atom. The molecule has 0 aliphatic carbocycles. The van der Waals surface area contributed by atoms with Gasteiger partial charge in [0.15, 0.2) is 5.72 Å². The van der Waals surface area contributed by atoms with Crippen molar-refractivity contribution < 1.29 is 48.7 Å². The summed E-state index contributed by atoms with van der Waals surface area (Å²) in [6.45, 7) is 5.99. The predicted octanol–water partition coefficient (Wildman–Crippen LogP) is 2.91. The lowest BCUT2D eigenvalue weighted by Crippen LogP contribution is -2.62. The van der Waals surface area contributed by atoms with Crippen molar-refractivity contribution in [3.05, 3.63) is 52.1 Å². The van der Waals surface area contributed by atoms with Crippen LogP contribution in [0, 0.1) is 11.8 Å². The zero-order valence-electron chi connectivity index (χ0n) is 29.2. The minimum atomic E-state index is -1.86. The minimum absolute atomic E-state index is 0.0937. The largest absolute Gasteiger partial charge is 0.457 e. The number of alkyl carbamates (subject to hydrolysis) is 1. The number of hydrogen-bond acceptors (Lipinski definition) is 11. The zero-order chi connectivity index (χ0) is 37.1. The fraction of sp³-hybridized carbons (Fsp3) is 0.600. The Kier molecular flexibility index (Phi) is 12.7. The number of rotatable bonds is 7. The number of amides is 3. The van der Waals surface area contributed by atoms with Crippen molar-refractivity contribution in [3.8, 4) is 0 Å². The maximum Gasteiger partial charge on any atom is 0.409 e. The number of ether oxygens (including phenoxy) is 3. The van der Waals surface area contributed by atoms with E-state index in [0.717, 1.165) is 11.1 Å². The average molecular weight is 738 g/mol. The number of fused-ring (bicyclic) bond motifs is 5. The molecule has 0 aromatic heterocycles. The number of halogens is 1. The molecular weight excluding hydrogens is 690 g/mol. The maximum absolute atomic E-state index is 14.0. The van der Waals surface area contributed by atoms with E-state index in [1.165, 1.54) is 30.8 Å². The number of nitrogens with one attached hydrogen (secondary N) is 1. The lowest BCUT2D eigenvalue weighted by molar-refractivity contribution is -0.161. The normalized spacial score (nSPS) is 32.4. The number of esters is 1. The molecule has 2 saturated heterocycles. The molecule has 276 valence electrons. The van der Waals surface area contributed by atoms with Crippen molar-refractivity contribution in [2.45, 2.75) is 95.7 Å². The highest BCUT2D eigenvalue weighted by Gasteiger charge is 2.64. The van der Waals surface area contributed by atoms with Crippen molar-refractivity contribution in [1.82, 2.24) is 10.2 Å². The number of nitrogens with zero attached hydrogens (tertiary/aromatic N) is 2. The van der Waals surface area contributed by atoms with Gasteiger partial charge in [-0.05, 0) is 50.1 Å². The number of allylic oxidation sites excluding steroid dienone is 3. The lowest BCUT2D eigenvalue weighted by atomic mass is 9.81.